The molecule has 3 atom stereocenters. The number of halogens is 1. The quantitative estimate of drug-likeness (QED) is 0.617. The van der Waals surface area contributed by atoms with Crippen molar-refractivity contribution < 1.29 is 18.8 Å². The van der Waals surface area contributed by atoms with E-state index in [1.165, 1.54) is 24.3 Å². The lowest BCUT2D eigenvalue weighted by molar-refractivity contribution is -0.126. The van der Waals surface area contributed by atoms with Gasteiger partial charge in [0.15, 0.2) is 6.10 Å². The van der Waals surface area contributed by atoms with Crippen LogP contribution in [0.3, 0.4) is 0 Å². The van der Waals surface area contributed by atoms with Crippen LogP contribution < -0.4 is 9.96 Å². The Bertz CT molecular complexity index is 1120. The molecule has 0 aliphatic carbocycles. The van der Waals surface area contributed by atoms with Crippen LogP contribution in [0.4, 0.5) is 15.8 Å². The molecule has 30 heavy (non-hydrogen) atoms. The molecule has 0 aromatic heterocycles. The molecule has 2 saturated heterocycles. The Morgan fingerprint density at radius 1 is 0.833 bits per heavy atom. The summed E-state index contributed by atoms with van der Waals surface area (Å²) in [5, 5.41) is 1.69. The number of carbonyl (C=O) groups is 2. The monoisotopic (exact) mass is 402 g/mol. The molecule has 2 aliphatic heterocycles. The molecule has 2 fully saturated rings. The minimum atomic E-state index is -0.938. The molecule has 2 aliphatic rings. The van der Waals surface area contributed by atoms with E-state index in [-0.39, 0.29) is 5.91 Å². The summed E-state index contributed by atoms with van der Waals surface area (Å²) in [6, 6.07) is 22.2. The number of aryl methyl sites for hydroxylation is 1. The van der Waals surface area contributed by atoms with E-state index < -0.39 is 29.8 Å². The molecule has 3 aromatic carbocycles. The molecular weight excluding hydrogens is 383 g/mol. The number of carbonyl (C=O) groups excluding carboxylic acids is 2. The number of benzene rings is 3. The topological polar surface area (TPSA) is 49.9 Å². The molecule has 5 nitrogen and oxygen atoms in total. The summed E-state index contributed by atoms with van der Waals surface area (Å²) in [6.45, 7) is 1.96. The third-order valence-corrected chi connectivity index (χ3v) is 5.69. The fraction of sp³-hybridized carbons (Fsp3) is 0.167. The van der Waals surface area contributed by atoms with Crippen LogP contribution >= 0.6 is 0 Å². The van der Waals surface area contributed by atoms with Gasteiger partial charge in [0.05, 0.1) is 17.4 Å². The molecule has 2 amide bonds. The molecule has 0 bridgehead atoms. The highest BCUT2D eigenvalue weighted by molar-refractivity contribution is 6.23. The number of amides is 2. The van der Waals surface area contributed by atoms with Gasteiger partial charge in [0.2, 0.25) is 5.91 Å². The molecule has 2 heterocycles. The molecular formula is C24H19FN2O3. The number of fused-ring (bicyclic) bond motifs is 1. The van der Waals surface area contributed by atoms with Gasteiger partial charge in [-0.3, -0.25) is 14.4 Å². The lowest BCUT2D eigenvalue weighted by atomic mass is 9.90. The molecule has 5 rings (SSSR count). The zero-order valence-corrected chi connectivity index (χ0v) is 16.2. The van der Waals surface area contributed by atoms with Crippen molar-refractivity contribution in [1.82, 2.24) is 0 Å². The van der Waals surface area contributed by atoms with E-state index in [2.05, 4.69) is 0 Å². The molecule has 0 spiro atoms. The zero-order chi connectivity index (χ0) is 20.8. The number of hydrogen-bond acceptors (Lipinski definition) is 4. The summed E-state index contributed by atoms with van der Waals surface area (Å²) < 4.78 is 13.3. The van der Waals surface area contributed by atoms with Gasteiger partial charge < -0.3 is 0 Å². The molecule has 0 saturated carbocycles. The van der Waals surface area contributed by atoms with E-state index in [1.54, 1.807) is 5.06 Å². The Balaban J connectivity index is 1.59. The predicted molar refractivity (Wildman–Crippen MR) is 110 cm³/mol. The van der Waals surface area contributed by atoms with Crippen LogP contribution in [0.1, 0.15) is 17.2 Å². The van der Waals surface area contributed by atoms with Crippen molar-refractivity contribution in [3.05, 3.63) is 95.8 Å². The number of hydrogen-bond donors (Lipinski definition) is 0. The average molecular weight is 402 g/mol. The summed E-state index contributed by atoms with van der Waals surface area (Å²) >= 11 is 0. The Kier molecular flexibility index (Phi) is 4.37. The number of nitrogens with zero attached hydrogens (tertiary/aromatic N) is 2. The highest BCUT2D eigenvalue weighted by atomic mass is 19.1. The van der Waals surface area contributed by atoms with Crippen LogP contribution in [0.2, 0.25) is 0 Å². The van der Waals surface area contributed by atoms with Gasteiger partial charge in [-0.15, -0.1) is 0 Å². The van der Waals surface area contributed by atoms with Gasteiger partial charge >= 0.3 is 0 Å². The van der Waals surface area contributed by atoms with Gasteiger partial charge in [-0.1, -0.05) is 48.5 Å². The first-order valence-electron chi connectivity index (χ1n) is 9.76. The highest BCUT2D eigenvalue weighted by Gasteiger charge is 2.60. The standard InChI is InChI=1S/C24H19FN2O3/c1-15-7-5-6-10-19(15)27-21(16-8-3-2-4-9-16)20-22(30-27)24(29)26(23(20)28)18-13-11-17(25)12-14-18/h2-14,20-22H,1H3. The van der Waals surface area contributed by atoms with Crippen LogP contribution in [0.5, 0.6) is 0 Å². The second kappa shape index (κ2) is 7.07. The van der Waals surface area contributed by atoms with Crippen LogP contribution in [0.15, 0.2) is 78.9 Å². The van der Waals surface area contributed by atoms with E-state index in [9.17, 15) is 14.0 Å². The first kappa shape index (κ1) is 18.5. The van der Waals surface area contributed by atoms with E-state index in [4.69, 9.17) is 4.84 Å². The first-order valence-corrected chi connectivity index (χ1v) is 9.76. The normalized spacial score (nSPS) is 23.2. The summed E-state index contributed by atoms with van der Waals surface area (Å²) in [5.41, 5.74) is 3.03. The lowest BCUT2D eigenvalue weighted by Crippen LogP contribution is -2.37. The summed E-state index contributed by atoms with van der Waals surface area (Å²) in [6.07, 6.45) is -0.938. The molecule has 150 valence electrons. The zero-order valence-electron chi connectivity index (χ0n) is 16.2. The largest absolute Gasteiger partial charge is 0.273 e. The minimum absolute atomic E-state index is 0.346. The van der Waals surface area contributed by atoms with Crippen molar-refractivity contribution >= 4 is 23.2 Å². The number of imide groups is 1. The maximum Gasteiger partial charge on any atom is 0.266 e. The second-order valence-electron chi connectivity index (χ2n) is 7.51. The van der Waals surface area contributed by atoms with Crippen LogP contribution in [-0.2, 0) is 14.4 Å². The van der Waals surface area contributed by atoms with Gasteiger partial charge in [0, 0.05) is 0 Å². The average Bonchev–Trinajstić information content (AvgIpc) is 3.26. The van der Waals surface area contributed by atoms with Gasteiger partial charge in [0.1, 0.15) is 11.7 Å². The van der Waals surface area contributed by atoms with Crippen molar-refractivity contribution in [2.24, 2.45) is 5.92 Å². The lowest BCUT2D eigenvalue weighted by Gasteiger charge is -2.29. The van der Waals surface area contributed by atoms with Crippen molar-refractivity contribution in [2.75, 3.05) is 9.96 Å². The van der Waals surface area contributed by atoms with Crippen LogP contribution in [0.25, 0.3) is 0 Å². The Morgan fingerprint density at radius 3 is 2.20 bits per heavy atom. The van der Waals surface area contributed by atoms with Crippen LogP contribution in [0, 0.1) is 18.7 Å². The van der Waals surface area contributed by atoms with Gasteiger partial charge in [-0.2, -0.15) is 0 Å². The molecule has 0 radical (unpaired) electrons. The summed E-state index contributed by atoms with van der Waals surface area (Å²) in [7, 11) is 0. The Hall–Kier alpha value is -3.51. The smallest absolute Gasteiger partial charge is 0.266 e. The molecule has 0 N–H and O–H groups in total. The predicted octanol–water partition coefficient (Wildman–Crippen LogP) is 4.19. The number of anilines is 2. The van der Waals surface area contributed by atoms with Gasteiger partial charge in [0.25, 0.3) is 5.91 Å². The minimum Gasteiger partial charge on any atom is -0.273 e. The van der Waals surface area contributed by atoms with Gasteiger partial charge in [-0.05, 0) is 48.4 Å². The summed E-state index contributed by atoms with van der Waals surface area (Å²) in [4.78, 5) is 33.8. The maximum absolute atomic E-state index is 13.4. The van der Waals surface area contributed by atoms with E-state index in [0.29, 0.717) is 5.69 Å². The Morgan fingerprint density at radius 2 is 1.50 bits per heavy atom. The van der Waals surface area contributed by atoms with Crippen LogP contribution in [-0.4, -0.2) is 17.9 Å². The number of rotatable bonds is 3. The van der Waals surface area contributed by atoms with Crippen molar-refractivity contribution in [1.29, 1.82) is 0 Å². The van der Waals surface area contributed by atoms with E-state index in [1.807, 2.05) is 61.5 Å². The fourth-order valence-corrected chi connectivity index (χ4v) is 4.27. The first-order chi connectivity index (χ1) is 14.6. The Labute approximate surface area is 173 Å². The van der Waals surface area contributed by atoms with Gasteiger partial charge in [-0.25, -0.2) is 14.4 Å². The summed E-state index contributed by atoms with van der Waals surface area (Å²) in [5.74, 6) is -1.91. The third kappa shape index (κ3) is 2.80. The van der Waals surface area contributed by atoms with E-state index in [0.717, 1.165) is 21.7 Å². The third-order valence-electron chi connectivity index (χ3n) is 5.69. The maximum atomic E-state index is 13.4. The van der Waals surface area contributed by atoms with Crippen molar-refractivity contribution in [2.45, 2.75) is 19.1 Å². The molecule has 3 aromatic rings. The molecule has 6 heteroatoms. The van der Waals surface area contributed by atoms with Crippen molar-refractivity contribution in [3.63, 3.8) is 0 Å². The number of para-hydroxylation sites is 1. The fourth-order valence-electron chi connectivity index (χ4n) is 4.27. The highest BCUT2D eigenvalue weighted by Crippen LogP contribution is 2.48. The number of hydroxylamine groups is 1. The molecule has 3 unspecified atom stereocenters. The SMILES string of the molecule is Cc1ccccc1N1OC2C(=O)N(c3ccc(F)cc3)C(=O)C2C1c1ccccc1. The van der Waals surface area contributed by atoms with E-state index >= 15 is 0 Å². The van der Waals surface area contributed by atoms with Crippen molar-refractivity contribution in [3.8, 4) is 0 Å². The second-order valence-corrected chi connectivity index (χ2v) is 7.51.